The van der Waals surface area contributed by atoms with Gasteiger partial charge in [-0.1, -0.05) is 25.8 Å². The lowest BCUT2D eigenvalue weighted by Crippen LogP contribution is -2.52. The zero-order chi connectivity index (χ0) is 14.8. The first-order valence-electron chi connectivity index (χ1n) is 6.80. The van der Waals surface area contributed by atoms with Crippen molar-refractivity contribution in [3.63, 3.8) is 0 Å². The molecule has 2 atom stereocenters. The molecule has 0 radical (unpaired) electrons. The van der Waals surface area contributed by atoms with Crippen LogP contribution < -0.4 is 5.32 Å². The van der Waals surface area contributed by atoms with E-state index in [4.69, 9.17) is 11.6 Å². The molecular weight excluding hydrogens is 345 g/mol. The molecule has 0 bridgehead atoms. The number of carbonyl (C=O) groups excluding carboxylic acids is 1. The Balaban J connectivity index is 2.19. The summed E-state index contributed by atoms with van der Waals surface area (Å²) < 4.78 is 13.7. The lowest BCUT2D eigenvalue weighted by molar-refractivity contribution is 0.0866. The molecule has 1 aromatic rings. The maximum atomic E-state index is 13.5. The quantitative estimate of drug-likeness (QED) is 0.788. The van der Waals surface area contributed by atoms with E-state index in [9.17, 15) is 9.18 Å². The first-order valence-corrected chi connectivity index (χ1v) is 8.13. The van der Waals surface area contributed by atoms with Gasteiger partial charge in [0.05, 0.1) is 15.6 Å². The van der Waals surface area contributed by atoms with Crippen LogP contribution >= 0.6 is 27.5 Å². The summed E-state index contributed by atoms with van der Waals surface area (Å²) in [5.74, 6) is 0.218. The molecule has 0 saturated heterocycles. The minimum Gasteiger partial charge on any atom is -0.345 e. The lowest BCUT2D eigenvalue weighted by Gasteiger charge is -2.39. The van der Waals surface area contributed by atoms with Gasteiger partial charge in [0.15, 0.2) is 0 Å². The maximum absolute atomic E-state index is 13.5. The van der Waals surface area contributed by atoms with Crippen LogP contribution in [0.3, 0.4) is 0 Å². The zero-order valence-electron chi connectivity index (χ0n) is 11.4. The van der Waals surface area contributed by atoms with Crippen LogP contribution in [-0.2, 0) is 0 Å². The minimum atomic E-state index is -0.436. The molecule has 1 aliphatic rings. The van der Waals surface area contributed by atoms with Crippen molar-refractivity contribution in [3.8, 4) is 0 Å². The van der Waals surface area contributed by atoms with Crippen LogP contribution in [-0.4, -0.2) is 17.3 Å². The SMILES string of the molecule is CC1CCCC(CCl)(NC(=O)c2cccc(F)c2Br)C1. The second-order valence-corrected chi connectivity index (χ2v) is 6.73. The van der Waals surface area contributed by atoms with Crippen molar-refractivity contribution in [2.45, 2.75) is 38.1 Å². The summed E-state index contributed by atoms with van der Waals surface area (Å²) in [4.78, 5) is 12.4. The normalized spacial score (nSPS) is 26.3. The number of rotatable bonds is 3. The van der Waals surface area contributed by atoms with E-state index in [1.54, 1.807) is 6.07 Å². The van der Waals surface area contributed by atoms with Crippen molar-refractivity contribution in [2.24, 2.45) is 5.92 Å². The van der Waals surface area contributed by atoms with Crippen LogP contribution in [0.2, 0.25) is 0 Å². The molecule has 1 N–H and O–H groups in total. The lowest BCUT2D eigenvalue weighted by atomic mass is 9.77. The highest BCUT2D eigenvalue weighted by Crippen LogP contribution is 2.34. The second kappa shape index (κ2) is 6.44. The molecule has 1 aliphatic carbocycles. The summed E-state index contributed by atoms with van der Waals surface area (Å²) in [6.07, 6.45) is 3.96. The summed E-state index contributed by atoms with van der Waals surface area (Å²) in [6, 6.07) is 4.46. The van der Waals surface area contributed by atoms with Crippen LogP contribution in [0.25, 0.3) is 0 Å². The Kier molecular flexibility index (Phi) is 5.08. The van der Waals surface area contributed by atoms with Crippen molar-refractivity contribution >= 4 is 33.4 Å². The zero-order valence-corrected chi connectivity index (χ0v) is 13.7. The van der Waals surface area contributed by atoms with Gasteiger partial charge >= 0.3 is 0 Å². The van der Waals surface area contributed by atoms with Crippen LogP contribution in [0.5, 0.6) is 0 Å². The average molecular weight is 363 g/mol. The number of alkyl halides is 1. The van der Waals surface area contributed by atoms with Crippen molar-refractivity contribution < 1.29 is 9.18 Å². The molecule has 2 rings (SSSR count). The summed E-state index contributed by atoms with van der Waals surface area (Å²) in [5.41, 5.74) is -0.0603. The van der Waals surface area contributed by atoms with E-state index < -0.39 is 5.82 Å². The van der Waals surface area contributed by atoms with Crippen LogP contribution in [0, 0.1) is 11.7 Å². The van der Waals surface area contributed by atoms with E-state index in [2.05, 4.69) is 28.2 Å². The van der Waals surface area contributed by atoms with E-state index in [0.29, 0.717) is 17.4 Å². The van der Waals surface area contributed by atoms with Crippen molar-refractivity contribution in [1.29, 1.82) is 0 Å². The number of nitrogens with one attached hydrogen (secondary N) is 1. The molecule has 20 heavy (non-hydrogen) atoms. The van der Waals surface area contributed by atoms with Crippen molar-refractivity contribution in [2.75, 3.05) is 5.88 Å². The molecule has 110 valence electrons. The first kappa shape index (κ1) is 15.8. The van der Waals surface area contributed by atoms with Gasteiger partial charge in [-0.05, 0) is 46.8 Å². The fourth-order valence-electron chi connectivity index (χ4n) is 2.92. The first-order chi connectivity index (χ1) is 9.47. The van der Waals surface area contributed by atoms with E-state index in [-0.39, 0.29) is 15.9 Å². The minimum absolute atomic E-state index is 0.200. The fourth-order valence-corrected chi connectivity index (χ4v) is 3.67. The topological polar surface area (TPSA) is 29.1 Å². The molecule has 5 heteroatoms. The Bertz CT molecular complexity index is 511. The van der Waals surface area contributed by atoms with E-state index in [1.807, 2.05) is 0 Å². The van der Waals surface area contributed by atoms with Gasteiger partial charge in [0.2, 0.25) is 0 Å². The highest BCUT2D eigenvalue weighted by Gasteiger charge is 2.36. The number of hydrogen-bond acceptors (Lipinski definition) is 1. The summed E-state index contributed by atoms with van der Waals surface area (Å²) >= 11 is 9.23. The molecule has 1 saturated carbocycles. The van der Waals surface area contributed by atoms with E-state index >= 15 is 0 Å². The van der Waals surface area contributed by atoms with Gasteiger partial charge < -0.3 is 5.32 Å². The molecule has 1 fully saturated rings. The van der Waals surface area contributed by atoms with Gasteiger partial charge in [0.1, 0.15) is 5.82 Å². The largest absolute Gasteiger partial charge is 0.345 e. The Morgan fingerprint density at radius 3 is 3.00 bits per heavy atom. The van der Waals surface area contributed by atoms with Gasteiger partial charge in [0, 0.05) is 5.88 Å². The molecular formula is C15H18BrClFNO. The number of amides is 1. The monoisotopic (exact) mass is 361 g/mol. The van der Waals surface area contributed by atoms with Crippen LogP contribution in [0.1, 0.15) is 43.0 Å². The molecule has 0 heterocycles. The Morgan fingerprint density at radius 1 is 1.60 bits per heavy atom. The predicted molar refractivity (Wildman–Crippen MR) is 82.6 cm³/mol. The number of halogens is 3. The van der Waals surface area contributed by atoms with Gasteiger partial charge in [-0.2, -0.15) is 0 Å². The Labute approximate surface area is 132 Å². The summed E-state index contributed by atoms with van der Waals surface area (Å²) in [6.45, 7) is 2.17. The Hall–Kier alpha value is -0.610. The van der Waals surface area contributed by atoms with E-state index in [1.165, 1.54) is 12.1 Å². The highest BCUT2D eigenvalue weighted by molar-refractivity contribution is 9.10. The smallest absolute Gasteiger partial charge is 0.253 e. The molecule has 2 nitrogen and oxygen atoms in total. The molecule has 0 spiro atoms. The Morgan fingerprint density at radius 2 is 2.35 bits per heavy atom. The van der Waals surface area contributed by atoms with Gasteiger partial charge in [0.25, 0.3) is 5.91 Å². The van der Waals surface area contributed by atoms with Crippen molar-refractivity contribution in [3.05, 3.63) is 34.1 Å². The van der Waals surface area contributed by atoms with Gasteiger partial charge in [-0.3, -0.25) is 4.79 Å². The average Bonchev–Trinajstić information content (AvgIpc) is 2.41. The fraction of sp³-hybridized carbons (Fsp3) is 0.533. The van der Waals surface area contributed by atoms with Crippen molar-refractivity contribution in [1.82, 2.24) is 5.32 Å². The standard InChI is InChI=1S/C15H18BrClFNO/c1-10-4-3-7-15(8-10,9-17)19-14(20)11-5-2-6-12(18)13(11)16/h2,5-6,10H,3-4,7-9H2,1H3,(H,19,20). The van der Waals surface area contributed by atoms with Gasteiger partial charge in [-0.15, -0.1) is 11.6 Å². The second-order valence-electron chi connectivity index (χ2n) is 5.67. The van der Waals surface area contributed by atoms with Crippen LogP contribution in [0.15, 0.2) is 22.7 Å². The molecule has 1 amide bonds. The third-order valence-corrected chi connectivity index (χ3v) is 5.24. The third-order valence-electron chi connectivity index (χ3n) is 3.92. The predicted octanol–water partition coefficient (Wildman–Crippen LogP) is 4.51. The molecule has 0 aliphatic heterocycles. The number of hydrogen-bond donors (Lipinski definition) is 1. The van der Waals surface area contributed by atoms with E-state index in [0.717, 1.165) is 25.7 Å². The van der Waals surface area contributed by atoms with Gasteiger partial charge in [-0.25, -0.2) is 4.39 Å². The maximum Gasteiger partial charge on any atom is 0.253 e. The highest BCUT2D eigenvalue weighted by atomic mass is 79.9. The number of carbonyl (C=O) groups is 1. The molecule has 1 aromatic carbocycles. The summed E-state index contributed by atoms with van der Waals surface area (Å²) in [5, 5.41) is 3.03. The number of benzene rings is 1. The van der Waals surface area contributed by atoms with Crippen LogP contribution in [0.4, 0.5) is 4.39 Å². The summed E-state index contributed by atoms with van der Waals surface area (Å²) in [7, 11) is 0. The third kappa shape index (κ3) is 3.34. The molecule has 0 aromatic heterocycles. The molecule has 2 unspecified atom stereocenters.